The van der Waals surface area contributed by atoms with Crippen molar-refractivity contribution in [2.24, 2.45) is 23.3 Å². The zero-order valence-electron chi connectivity index (χ0n) is 12.0. The van der Waals surface area contributed by atoms with Crippen LogP contribution in [0.2, 0.25) is 0 Å². The van der Waals surface area contributed by atoms with E-state index in [1.165, 1.54) is 44.9 Å². The van der Waals surface area contributed by atoms with Gasteiger partial charge < -0.3 is 22.1 Å². The minimum absolute atomic E-state index is 0.122. The van der Waals surface area contributed by atoms with Gasteiger partial charge in [-0.25, -0.2) is 0 Å². The number of nitrogens with two attached hydrogens (primary N) is 2. The standard InChI is InChI=1S/C15H30N4/c16-14(13-6-2-1-3-7-13)9-15(17)19-11-12-5-4-8-18-10-12/h9,12-14,18-19H,1-8,10-11,16-17H2/b15-9+. The van der Waals surface area contributed by atoms with E-state index in [0.717, 1.165) is 25.5 Å². The highest BCUT2D eigenvalue weighted by molar-refractivity contribution is 5.03. The van der Waals surface area contributed by atoms with Crippen molar-refractivity contribution < 1.29 is 0 Å². The van der Waals surface area contributed by atoms with Crippen LogP contribution in [0.3, 0.4) is 0 Å². The van der Waals surface area contributed by atoms with Gasteiger partial charge in [0, 0.05) is 12.6 Å². The van der Waals surface area contributed by atoms with Crippen LogP contribution < -0.4 is 22.1 Å². The van der Waals surface area contributed by atoms with Gasteiger partial charge in [0.25, 0.3) is 0 Å². The fourth-order valence-electron chi connectivity index (χ4n) is 3.28. The lowest BCUT2D eigenvalue weighted by Gasteiger charge is -2.26. The summed E-state index contributed by atoms with van der Waals surface area (Å²) in [5.74, 6) is 2.10. The quantitative estimate of drug-likeness (QED) is 0.605. The van der Waals surface area contributed by atoms with Crippen molar-refractivity contribution in [3.05, 3.63) is 11.9 Å². The number of hydrogen-bond acceptors (Lipinski definition) is 4. The van der Waals surface area contributed by atoms with Gasteiger partial charge in [0.1, 0.15) is 0 Å². The van der Waals surface area contributed by atoms with E-state index in [4.69, 9.17) is 11.5 Å². The Morgan fingerprint density at radius 3 is 2.68 bits per heavy atom. The van der Waals surface area contributed by atoms with E-state index in [9.17, 15) is 0 Å². The molecule has 0 aromatic heterocycles. The molecule has 1 aliphatic carbocycles. The van der Waals surface area contributed by atoms with Crippen LogP contribution in [-0.2, 0) is 0 Å². The summed E-state index contributed by atoms with van der Waals surface area (Å²) in [6.45, 7) is 3.23. The number of nitrogens with one attached hydrogen (secondary N) is 2. The van der Waals surface area contributed by atoms with Crippen molar-refractivity contribution >= 4 is 0 Å². The molecular formula is C15H30N4. The molecule has 2 atom stereocenters. The van der Waals surface area contributed by atoms with Crippen LogP contribution in [0.25, 0.3) is 0 Å². The number of hydrogen-bond donors (Lipinski definition) is 4. The van der Waals surface area contributed by atoms with Crippen LogP contribution in [-0.4, -0.2) is 25.7 Å². The largest absolute Gasteiger partial charge is 0.386 e. The molecule has 2 unspecified atom stereocenters. The second kappa shape index (κ2) is 7.75. The van der Waals surface area contributed by atoms with Gasteiger partial charge in [-0.15, -0.1) is 0 Å². The van der Waals surface area contributed by atoms with Gasteiger partial charge in [-0.3, -0.25) is 0 Å². The van der Waals surface area contributed by atoms with Crippen molar-refractivity contribution in [3.63, 3.8) is 0 Å². The average Bonchev–Trinajstić information content (AvgIpc) is 2.47. The van der Waals surface area contributed by atoms with Gasteiger partial charge >= 0.3 is 0 Å². The molecule has 2 fully saturated rings. The molecule has 2 rings (SSSR count). The zero-order chi connectivity index (χ0) is 13.5. The van der Waals surface area contributed by atoms with Crippen LogP contribution in [0.15, 0.2) is 11.9 Å². The van der Waals surface area contributed by atoms with Gasteiger partial charge in [0.2, 0.25) is 0 Å². The van der Waals surface area contributed by atoms with Crippen molar-refractivity contribution in [2.45, 2.75) is 51.0 Å². The summed E-state index contributed by atoms with van der Waals surface area (Å²) in [5.41, 5.74) is 12.3. The van der Waals surface area contributed by atoms with E-state index >= 15 is 0 Å². The molecule has 4 nitrogen and oxygen atoms in total. The first-order valence-corrected chi connectivity index (χ1v) is 7.93. The van der Waals surface area contributed by atoms with Crippen LogP contribution in [0.1, 0.15) is 44.9 Å². The Kier molecular flexibility index (Phi) is 5.98. The fraction of sp³-hybridized carbons (Fsp3) is 0.867. The minimum Gasteiger partial charge on any atom is -0.386 e. The number of rotatable bonds is 5. The third-order valence-electron chi connectivity index (χ3n) is 4.56. The molecule has 4 heteroatoms. The smallest absolute Gasteiger partial charge is 0.0934 e. The van der Waals surface area contributed by atoms with Gasteiger partial charge in [-0.1, -0.05) is 19.3 Å². The summed E-state index contributed by atoms with van der Waals surface area (Å²) in [7, 11) is 0. The Labute approximate surface area is 117 Å². The summed E-state index contributed by atoms with van der Waals surface area (Å²) < 4.78 is 0. The van der Waals surface area contributed by atoms with Gasteiger partial charge in [-0.05, 0) is 56.7 Å². The molecule has 2 aliphatic rings. The molecule has 1 saturated carbocycles. The van der Waals surface area contributed by atoms with E-state index in [0.29, 0.717) is 11.8 Å². The molecule has 1 heterocycles. The second-order valence-electron chi connectivity index (χ2n) is 6.19. The summed E-state index contributed by atoms with van der Waals surface area (Å²) in [5, 5.41) is 6.77. The van der Waals surface area contributed by atoms with Crippen molar-refractivity contribution in [1.29, 1.82) is 0 Å². The molecular weight excluding hydrogens is 236 g/mol. The molecule has 0 radical (unpaired) electrons. The molecule has 110 valence electrons. The van der Waals surface area contributed by atoms with Crippen LogP contribution in [0.5, 0.6) is 0 Å². The lowest BCUT2D eigenvalue weighted by atomic mass is 9.84. The monoisotopic (exact) mass is 266 g/mol. The first kappa shape index (κ1) is 14.7. The van der Waals surface area contributed by atoms with Gasteiger partial charge in [0.15, 0.2) is 0 Å². The van der Waals surface area contributed by atoms with Gasteiger partial charge in [-0.2, -0.15) is 0 Å². The molecule has 0 amide bonds. The maximum absolute atomic E-state index is 6.25. The zero-order valence-corrected chi connectivity index (χ0v) is 12.0. The van der Waals surface area contributed by atoms with E-state index in [1.54, 1.807) is 0 Å². The normalized spacial score (nSPS) is 28.1. The van der Waals surface area contributed by atoms with E-state index in [-0.39, 0.29) is 6.04 Å². The minimum atomic E-state index is 0.122. The van der Waals surface area contributed by atoms with Crippen LogP contribution >= 0.6 is 0 Å². The molecule has 1 saturated heterocycles. The Morgan fingerprint density at radius 1 is 1.21 bits per heavy atom. The van der Waals surface area contributed by atoms with Crippen molar-refractivity contribution in [3.8, 4) is 0 Å². The molecule has 1 aliphatic heterocycles. The second-order valence-corrected chi connectivity index (χ2v) is 6.19. The highest BCUT2D eigenvalue weighted by atomic mass is 15.0. The predicted octanol–water partition coefficient (Wildman–Crippen LogP) is 1.28. The Morgan fingerprint density at radius 2 is 2.00 bits per heavy atom. The van der Waals surface area contributed by atoms with E-state index in [1.807, 2.05) is 6.08 Å². The third kappa shape index (κ3) is 5.03. The summed E-state index contributed by atoms with van der Waals surface area (Å²) in [6, 6.07) is 0.122. The molecule has 0 aromatic carbocycles. The summed E-state index contributed by atoms with van der Waals surface area (Å²) in [4.78, 5) is 0. The Hall–Kier alpha value is -0.740. The summed E-state index contributed by atoms with van der Waals surface area (Å²) >= 11 is 0. The fourth-order valence-corrected chi connectivity index (χ4v) is 3.28. The lowest BCUT2D eigenvalue weighted by molar-refractivity contribution is 0.330. The topological polar surface area (TPSA) is 76.1 Å². The summed E-state index contributed by atoms with van der Waals surface area (Å²) in [6.07, 6.45) is 11.1. The van der Waals surface area contributed by atoms with E-state index < -0.39 is 0 Å². The third-order valence-corrected chi connectivity index (χ3v) is 4.56. The van der Waals surface area contributed by atoms with E-state index in [2.05, 4.69) is 10.6 Å². The number of piperidine rings is 1. The van der Waals surface area contributed by atoms with Crippen LogP contribution in [0.4, 0.5) is 0 Å². The SMILES string of the molecule is N/C(=C\C(N)C1CCCCC1)NCC1CCCNC1. The highest BCUT2D eigenvalue weighted by Gasteiger charge is 2.19. The predicted molar refractivity (Wildman–Crippen MR) is 80.4 cm³/mol. The average molecular weight is 266 g/mol. The lowest BCUT2D eigenvalue weighted by Crippen LogP contribution is -2.38. The highest BCUT2D eigenvalue weighted by Crippen LogP contribution is 2.26. The maximum atomic E-state index is 6.25. The van der Waals surface area contributed by atoms with Crippen molar-refractivity contribution in [1.82, 2.24) is 10.6 Å². The van der Waals surface area contributed by atoms with Crippen molar-refractivity contribution in [2.75, 3.05) is 19.6 Å². The first-order chi connectivity index (χ1) is 9.25. The molecule has 19 heavy (non-hydrogen) atoms. The molecule has 0 aromatic rings. The van der Waals surface area contributed by atoms with Crippen LogP contribution in [0, 0.1) is 11.8 Å². The Balaban J connectivity index is 1.71. The molecule has 0 spiro atoms. The molecule has 6 N–H and O–H groups in total. The molecule has 0 bridgehead atoms. The first-order valence-electron chi connectivity index (χ1n) is 7.93. The maximum Gasteiger partial charge on any atom is 0.0934 e. The Bertz CT molecular complexity index is 278. The van der Waals surface area contributed by atoms with Gasteiger partial charge in [0.05, 0.1) is 5.82 Å².